The van der Waals surface area contributed by atoms with Crippen LogP contribution in [0.2, 0.25) is 0 Å². The molecule has 3 heterocycles. The van der Waals surface area contributed by atoms with E-state index >= 15 is 0 Å². The molecule has 5 nitrogen and oxygen atoms in total. The first kappa shape index (κ1) is 15.6. The fourth-order valence-corrected chi connectivity index (χ4v) is 5.50. The van der Waals surface area contributed by atoms with Gasteiger partial charge in [0.25, 0.3) is 5.56 Å². The molecule has 4 rings (SSSR count). The number of rotatable bonds is 2. The van der Waals surface area contributed by atoms with Crippen molar-refractivity contribution in [3.8, 4) is 0 Å². The lowest BCUT2D eigenvalue weighted by molar-refractivity contribution is 0.169. The number of nitrogens with zero attached hydrogens (tertiary/aromatic N) is 2. The van der Waals surface area contributed by atoms with E-state index in [-0.39, 0.29) is 17.5 Å². The van der Waals surface area contributed by atoms with Crippen molar-refractivity contribution < 1.29 is 8.42 Å². The smallest absolute Gasteiger partial charge is 0.251 e. The minimum Gasteiger partial charge on any atom is -0.308 e. The summed E-state index contributed by atoms with van der Waals surface area (Å²) in [6.07, 6.45) is 1.63. The van der Waals surface area contributed by atoms with Crippen LogP contribution in [0.4, 0.5) is 0 Å². The normalized spacial score (nSPS) is 23.7. The highest BCUT2D eigenvalue weighted by Crippen LogP contribution is 2.35. The van der Waals surface area contributed by atoms with E-state index in [9.17, 15) is 13.2 Å². The first-order chi connectivity index (χ1) is 11.4. The molecule has 2 aliphatic rings. The van der Waals surface area contributed by atoms with Crippen molar-refractivity contribution >= 4 is 10.0 Å². The Morgan fingerprint density at radius 1 is 1.04 bits per heavy atom. The van der Waals surface area contributed by atoms with Crippen molar-refractivity contribution in [3.63, 3.8) is 0 Å². The van der Waals surface area contributed by atoms with E-state index in [2.05, 4.69) is 0 Å². The van der Waals surface area contributed by atoms with Crippen LogP contribution in [-0.2, 0) is 16.4 Å². The third-order valence-corrected chi connectivity index (χ3v) is 6.92. The van der Waals surface area contributed by atoms with Crippen molar-refractivity contribution in [1.82, 2.24) is 8.87 Å². The number of hydrogen-bond acceptors (Lipinski definition) is 3. The van der Waals surface area contributed by atoms with Crippen molar-refractivity contribution in [2.75, 3.05) is 13.1 Å². The predicted octanol–water partition coefficient (Wildman–Crippen LogP) is 1.96. The second kappa shape index (κ2) is 5.57. The molecular weight excluding hydrogens is 324 g/mol. The summed E-state index contributed by atoms with van der Waals surface area (Å²) >= 11 is 0. The van der Waals surface area contributed by atoms with Crippen LogP contribution in [0.25, 0.3) is 0 Å². The summed E-state index contributed by atoms with van der Waals surface area (Å²) in [7, 11) is -3.52. The van der Waals surface area contributed by atoms with E-state index in [4.69, 9.17) is 0 Å². The molecule has 1 fully saturated rings. The molecule has 0 aliphatic carbocycles. The minimum atomic E-state index is -3.52. The van der Waals surface area contributed by atoms with E-state index < -0.39 is 10.0 Å². The van der Waals surface area contributed by atoms with Gasteiger partial charge in [0.15, 0.2) is 0 Å². The SMILES string of the molecule is Cc1ccc(S(=O)(=O)N2C[C@H]3Cc4cccc(=O)n4[C@@H](C3)C2)cc1. The summed E-state index contributed by atoms with van der Waals surface area (Å²) in [5.74, 6) is 0.269. The molecule has 0 radical (unpaired) electrons. The van der Waals surface area contributed by atoms with E-state index in [0.29, 0.717) is 18.0 Å². The summed E-state index contributed by atoms with van der Waals surface area (Å²) in [4.78, 5) is 12.6. The van der Waals surface area contributed by atoms with Crippen LogP contribution in [-0.4, -0.2) is 30.4 Å². The second-order valence-electron chi connectivity index (χ2n) is 6.82. The van der Waals surface area contributed by atoms with Gasteiger partial charge in [-0.15, -0.1) is 0 Å². The average molecular weight is 344 g/mol. The summed E-state index contributed by atoms with van der Waals surface area (Å²) in [5.41, 5.74) is 2.02. The molecule has 1 saturated heterocycles. The van der Waals surface area contributed by atoms with Crippen LogP contribution in [0.15, 0.2) is 52.2 Å². The van der Waals surface area contributed by atoms with Gasteiger partial charge in [0.05, 0.1) is 10.9 Å². The predicted molar refractivity (Wildman–Crippen MR) is 91.5 cm³/mol. The van der Waals surface area contributed by atoms with E-state index in [0.717, 1.165) is 24.1 Å². The zero-order chi connectivity index (χ0) is 16.9. The fourth-order valence-electron chi connectivity index (χ4n) is 3.94. The second-order valence-corrected chi connectivity index (χ2v) is 8.76. The number of aromatic nitrogens is 1. The van der Waals surface area contributed by atoms with E-state index in [1.165, 1.54) is 0 Å². The summed E-state index contributed by atoms with van der Waals surface area (Å²) in [5, 5.41) is 0. The van der Waals surface area contributed by atoms with E-state index in [1.54, 1.807) is 33.1 Å². The van der Waals surface area contributed by atoms with Crippen molar-refractivity contribution in [3.05, 3.63) is 64.1 Å². The molecule has 2 bridgehead atoms. The van der Waals surface area contributed by atoms with Gasteiger partial charge in [-0.3, -0.25) is 4.79 Å². The molecule has 0 saturated carbocycles. The Hall–Kier alpha value is -1.92. The summed E-state index contributed by atoms with van der Waals surface area (Å²) in [6.45, 7) is 2.82. The number of hydrogen-bond donors (Lipinski definition) is 0. The number of pyridine rings is 1. The molecule has 2 atom stereocenters. The van der Waals surface area contributed by atoms with Gasteiger partial charge >= 0.3 is 0 Å². The quantitative estimate of drug-likeness (QED) is 0.837. The maximum atomic E-state index is 13.0. The van der Waals surface area contributed by atoms with Crippen LogP contribution in [0.1, 0.15) is 23.7 Å². The molecule has 0 unspecified atom stereocenters. The highest BCUT2D eigenvalue weighted by molar-refractivity contribution is 7.89. The first-order valence-electron chi connectivity index (χ1n) is 8.22. The van der Waals surface area contributed by atoms with Crippen LogP contribution >= 0.6 is 0 Å². The van der Waals surface area contributed by atoms with Crippen LogP contribution in [0.5, 0.6) is 0 Å². The highest BCUT2D eigenvalue weighted by atomic mass is 32.2. The van der Waals surface area contributed by atoms with Crippen molar-refractivity contribution in [2.24, 2.45) is 5.92 Å². The zero-order valence-electron chi connectivity index (χ0n) is 13.6. The molecule has 0 amide bonds. The van der Waals surface area contributed by atoms with Gasteiger partial charge in [-0.1, -0.05) is 23.8 Å². The van der Waals surface area contributed by atoms with Gasteiger partial charge in [-0.2, -0.15) is 4.31 Å². The lowest BCUT2D eigenvalue weighted by Gasteiger charge is -2.42. The molecule has 0 N–H and O–H groups in total. The molecule has 126 valence electrons. The largest absolute Gasteiger partial charge is 0.308 e. The molecular formula is C18H20N2O3S. The number of sulfonamides is 1. The number of benzene rings is 1. The monoisotopic (exact) mass is 344 g/mol. The molecule has 24 heavy (non-hydrogen) atoms. The van der Waals surface area contributed by atoms with Gasteiger partial charge in [0.2, 0.25) is 10.0 Å². The molecule has 0 spiro atoms. The molecule has 1 aromatic carbocycles. The molecule has 2 aliphatic heterocycles. The maximum Gasteiger partial charge on any atom is 0.251 e. The van der Waals surface area contributed by atoms with Gasteiger partial charge in [-0.05, 0) is 43.9 Å². The van der Waals surface area contributed by atoms with Crippen molar-refractivity contribution in [1.29, 1.82) is 0 Å². The zero-order valence-corrected chi connectivity index (χ0v) is 14.4. The number of aryl methyl sites for hydroxylation is 1. The Morgan fingerprint density at radius 2 is 1.79 bits per heavy atom. The summed E-state index contributed by atoms with van der Waals surface area (Å²) < 4.78 is 29.3. The molecule has 6 heteroatoms. The third-order valence-electron chi connectivity index (χ3n) is 5.08. The van der Waals surface area contributed by atoms with Crippen LogP contribution in [0.3, 0.4) is 0 Å². The maximum absolute atomic E-state index is 13.0. The topological polar surface area (TPSA) is 59.4 Å². The average Bonchev–Trinajstić information content (AvgIpc) is 2.54. The van der Waals surface area contributed by atoms with Crippen LogP contribution in [0, 0.1) is 12.8 Å². The Balaban J connectivity index is 1.70. The first-order valence-corrected chi connectivity index (χ1v) is 9.66. The molecule has 2 aromatic rings. The molecule has 1 aromatic heterocycles. The van der Waals surface area contributed by atoms with Crippen molar-refractivity contribution in [2.45, 2.75) is 30.7 Å². The Labute approximate surface area is 141 Å². The van der Waals surface area contributed by atoms with Crippen LogP contribution < -0.4 is 5.56 Å². The van der Waals surface area contributed by atoms with E-state index in [1.807, 2.05) is 25.1 Å². The van der Waals surface area contributed by atoms with Gasteiger partial charge in [0, 0.05) is 24.8 Å². The third kappa shape index (κ3) is 2.50. The Bertz CT molecular complexity index is 931. The van der Waals surface area contributed by atoms with Gasteiger partial charge < -0.3 is 4.57 Å². The minimum absolute atomic E-state index is 0.0365. The summed E-state index contributed by atoms with van der Waals surface area (Å²) in [6, 6.07) is 12.2. The Morgan fingerprint density at radius 3 is 2.54 bits per heavy atom. The van der Waals surface area contributed by atoms with Gasteiger partial charge in [-0.25, -0.2) is 8.42 Å². The standard InChI is InChI=1S/C18H20N2O3S/c1-13-5-7-17(8-6-13)24(22,23)19-11-14-9-15-3-2-4-18(21)20(15)16(10-14)12-19/h2-8,14,16H,9-12H2,1H3/t14-,16-/m0/s1. The number of piperidine rings is 1. The highest BCUT2D eigenvalue weighted by Gasteiger charge is 2.39. The lowest BCUT2D eigenvalue weighted by atomic mass is 9.87. The fraction of sp³-hybridized carbons (Fsp3) is 0.389. The number of fused-ring (bicyclic) bond motifs is 4. The van der Waals surface area contributed by atoms with Gasteiger partial charge in [0.1, 0.15) is 0 Å². The lowest BCUT2D eigenvalue weighted by Crippen LogP contribution is -2.50. The Kier molecular flexibility index (Phi) is 3.62.